The zero-order valence-corrected chi connectivity index (χ0v) is 18.5. The van der Waals surface area contributed by atoms with Crippen LogP contribution in [0.3, 0.4) is 0 Å². The summed E-state index contributed by atoms with van der Waals surface area (Å²) >= 11 is 0. The molecule has 3 rings (SSSR count). The van der Waals surface area contributed by atoms with Crippen LogP contribution < -0.4 is 5.32 Å². The molecule has 0 unspecified atom stereocenters. The van der Waals surface area contributed by atoms with E-state index in [0.29, 0.717) is 11.5 Å². The fourth-order valence-corrected chi connectivity index (χ4v) is 3.43. The number of fused-ring (bicyclic) bond motifs is 1. The molecule has 9 nitrogen and oxygen atoms in total. The maximum atomic E-state index is 12.4. The predicted molar refractivity (Wildman–Crippen MR) is 107 cm³/mol. The molecule has 2 fully saturated rings. The van der Waals surface area contributed by atoms with E-state index in [9.17, 15) is 31.1 Å². The van der Waals surface area contributed by atoms with Gasteiger partial charge in [0.25, 0.3) is 5.91 Å². The second-order valence-corrected chi connectivity index (χ2v) is 7.51. The van der Waals surface area contributed by atoms with Gasteiger partial charge in [-0.1, -0.05) is 6.92 Å². The van der Waals surface area contributed by atoms with Crippen molar-refractivity contribution in [3.63, 3.8) is 0 Å². The van der Waals surface area contributed by atoms with Crippen LogP contribution in [0.1, 0.15) is 30.1 Å². The molecule has 2 aliphatic heterocycles. The number of rotatable bonds is 3. The van der Waals surface area contributed by atoms with Crippen molar-refractivity contribution in [2.24, 2.45) is 5.92 Å². The summed E-state index contributed by atoms with van der Waals surface area (Å²) in [6.45, 7) is 5.96. The highest BCUT2D eigenvalue weighted by atomic mass is 19.4. The van der Waals surface area contributed by atoms with Gasteiger partial charge in [0, 0.05) is 37.7 Å². The Hall–Kier alpha value is -2.94. The van der Waals surface area contributed by atoms with Gasteiger partial charge in [-0.05, 0) is 37.4 Å². The van der Waals surface area contributed by atoms with Crippen molar-refractivity contribution in [3.05, 3.63) is 30.1 Å². The van der Waals surface area contributed by atoms with Gasteiger partial charge >= 0.3 is 24.3 Å². The number of nitrogens with one attached hydrogen (secondary N) is 1. The number of likely N-dealkylation sites (tertiary alicyclic amines) is 1. The third-order valence-electron chi connectivity index (χ3n) is 5.03. The summed E-state index contributed by atoms with van der Waals surface area (Å²) in [5, 5.41) is 17.4. The maximum absolute atomic E-state index is 12.4. The molecule has 0 spiro atoms. The number of hydrogen-bond donors (Lipinski definition) is 3. The number of likely N-dealkylation sites (N-methyl/N-ethyl adjacent to an activating group) is 1. The van der Waals surface area contributed by atoms with Crippen LogP contribution in [0, 0.1) is 5.92 Å². The number of halogens is 6. The number of nitrogens with zero attached hydrogens (tertiary/aromatic N) is 2. The van der Waals surface area contributed by atoms with Gasteiger partial charge in [-0.2, -0.15) is 26.3 Å². The average Bonchev–Trinajstić information content (AvgIpc) is 2.79. The minimum Gasteiger partial charge on any atom is -0.475 e. The topological polar surface area (TPSA) is 129 Å². The number of aliphatic carboxylic acids is 2. The van der Waals surface area contributed by atoms with Crippen molar-refractivity contribution in [2.75, 3.05) is 26.2 Å². The highest BCUT2D eigenvalue weighted by Crippen LogP contribution is 2.28. The molecule has 0 aromatic carbocycles. The zero-order chi connectivity index (χ0) is 26.8. The van der Waals surface area contributed by atoms with Crippen LogP contribution in [0.5, 0.6) is 0 Å². The first-order valence-electron chi connectivity index (χ1n) is 10.3. The predicted octanol–water partition coefficient (Wildman–Crippen LogP) is 2.58. The molecule has 35 heavy (non-hydrogen) atoms. The lowest BCUT2D eigenvalue weighted by Gasteiger charge is -2.45. The lowest BCUT2D eigenvalue weighted by molar-refractivity contribution is -0.193. The summed E-state index contributed by atoms with van der Waals surface area (Å²) < 4.78 is 69.4. The Morgan fingerprint density at radius 2 is 1.57 bits per heavy atom. The summed E-state index contributed by atoms with van der Waals surface area (Å²) in [6, 6.07) is 3.56. The molecular weight excluding hydrogens is 492 g/mol. The number of carboxylic acids is 2. The van der Waals surface area contributed by atoms with E-state index in [1.54, 1.807) is 24.5 Å². The Kier molecular flexibility index (Phi) is 11.4. The standard InChI is InChI=1S/C16H23N3O2.2C2HF3O2/c1-2-19-10-13-4-3-9-21-15(13)14(11-19)18-16(20)12-5-7-17-8-6-12;2*3-2(4,5)1(6)7/h5-8,13-15H,2-4,9-11H2,1H3,(H,18,20);2*(H,6,7)/t13-,14+,15-;;/m0../s1. The van der Waals surface area contributed by atoms with Gasteiger partial charge in [0.15, 0.2) is 0 Å². The first-order chi connectivity index (χ1) is 16.2. The second-order valence-electron chi connectivity index (χ2n) is 7.51. The Bertz CT molecular complexity index is 813. The number of hydrogen-bond acceptors (Lipinski definition) is 6. The smallest absolute Gasteiger partial charge is 0.475 e. The van der Waals surface area contributed by atoms with Crippen LogP contribution in [0.4, 0.5) is 26.3 Å². The Labute approximate surface area is 196 Å². The third kappa shape index (κ3) is 10.5. The molecule has 2 aliphatic rings. The van der Waals surface area contributed by atoms with Crippen molar-refractivity contribution in [1.29, 1.82) is 0 Å². The molecule has 1 amide bonds. The number of alkyl halides is 6. The Morgan fingerprint density at radius 1 is 1.06 bits per heavy atom. The Morgan fingerprint density at radius 3 is 2.03 bits per heavy atom. The number of pyridine rings is 1. The van der Waals surface area contributed by atoms with Gasteiger partial charge in [-0.15, -0.1) is 0 Å². The highest BCUT2D eigenvalue weighted by Gasteiger charge is 2.40. The van der Waals surface area contributed by atoms with Crippen LogP contribution in [0.2, 0.25) is 0 Å². The number of piperidine rings is 1. The van der Waals surface area contributed by atoms with E-state index >= 15 is 0 Å². The molecule has 0 saturated carbocycles. The van der Waals surface area contributed by atoms with Gasteiger partial charge in [-0.3, -0.25) is 9.78 Å². The zero-order valence-electron chi connectivity index (χ0n) is 18.5. The van der Waals surface area contributed by atoms with Crippen molar-refractivity contribution in [2.45, 2.75) is 44.3 Å². The fourth-order valence-electron chi connectivity index (χ4n) is 3.43. The average molecular weight is 517 g/mol. The van der Waals surface area contributed by atoms with E-state index in [2.05, 4.69) is 22.1 Å². The number of amides is 1. The normalized spacial score (nSPS) is 22.3. The highest BCUT2D eigenvalue weighted by molar-refractivity contribution is 5.94. The molecule has 1 aromatic rings. The SMILES string of the molecule is CCN1C[C@@H]2CCCO[C@@H]2[C@H](NC(=O)c2ccncc2)C1.O=C(O)C(F)(F)F.O=C(O)C(F)(F)F. The van der Waals surface area contributed by atoms with Crippen LogP contribution in [-0.2, 0) is 14.3 Å². The fraction of sp³-hybridized carbons (Fsp3) is 0.600. The van der Waals surface area contributed by atoms with Crippen LogP contribution in [-0.4, -0.2) is 88.7 Å². The second kappa shape index (κ2) is 13.2. The van der Waals surface area contributed by atoms with Crippen LogP contribution in [0.15, 0.2) is 24.5 Å². The van der Waals surface area contributed by atoms with E-state index in [4.69, 9.17) is 24.5 Å². The van der Waals surface area contributed by atoms with E-state index in [0.717, 1.165) is 32.7 Å². The maximum Gasteiger partial charge on any atom is 0.490 e. The minimum absolute atomic E-state index is 0.0340. The lowest BCUT2D eigenvalue weighted by Crippen LogP contribution is -2.60. The van der Waals surface area contributed by atoms with Gasteiger partial charge in [0.05, 0.1) is 12.1 Å². The third-order valence-corrected chi connectivity index (χ3v) is 5.03. The Balaban J connectivity index is 0.000000362. The number of carbonyl (C=O) groups excluding carboxylic acids is 1. The summed E-state index contributed by atoms with van der Waals surface area (Å²) in [5.41, 5.74) is 0.658. The molecule has 0 bridgehead atoms. The van der Waals surface area contributed by atoms with Crippen molar-refractivity contribution in [1.82, 2.24) is 15.2 Å². The molecule has 15 heteroatoms. The minimum atomic E-state index is -5.08. The van der Waals surface area contributed by atoms with Gasteiger partial charge < -0.3 is 25.2 Å². The number of ether oxygens (including phenoxy) is 1. The van der Waals surface area contributed by atoms with E-state index in [1.807, 2.05) is 0 Å². The largest absolute Gasteiger partial charge is 0.490 e. The molecular formula is C20H25F6N3O6. The van der Waals surface area contributed by atoms with Crippen LogP contribution in [0.25, 0.3) is 0 Å². The van der Waals surface area contributed by atoms with Gasteiger partial charge in [-0.25, -0.2) is 9.59 Å². The van der Waals surface area contributed by atoms with Crippen molar-refractivity contribution in [3.8, 4) is 0 Å². The van der Waals surface area contributed by atoms with Crippen molar-refractivity contribution >= 4 is 17.8 Å². The first kappa shape index (κ1) is 30.1. The van der Waals surface area contributed by atoms with E-state index in [1.165, 1.54) is 6.42 Å². The van der Waals surface area contributed by atoms with Gasteiger partial charge in [0.1, 0.15) is 0 Å². The monoisotopic (exact) mass is 517 g/mol. The molecule has 0 aliphatic carbocycles. The number of carboxylic acid groups (broad SMARTS) is 2. The van der Waals surface area contributed by atoms with Gasteiger partial charge in [0.2, 0.25) is 0 Å². The molecule has 3 N–H and O–H groups in total. The van der Waals surface area contributed by atoms with Crippen LogP contribution >= 0.6 is 0 Å². The quantitative estimate of drug-likeness (QED) is 0.522. The summed E-state index contributed by atoms with van der Waals surface area (Å²) in [7, 11) is 0. The molecule has 1 aromatic heterocycles. The van der Waals surface area contributed by atoms with Crippen molar-refractivity contribution < 1.29 is 55.7 Å². The summed E-state index contributed by atoms with van der Waals surface area (Å²) in [4.78, 5) is 36.5. The summed E-state index contributed by atoms with van der Waals surface area (Å²) in [6.07, 6.45) is -4.39. The number of carbonyl (C=O) groups is 3. The molecule has 3 atom stereocenters. The molecule has 198 valence electrons. The molecule has 2 saturated heterocycles. The lowest BCUT2D eigenvalue weighted by atomic mass is 9.85. The molecule has 0 radical (unpaired) electrons. The first-order valence-corrected chi connectivity index (χ1v) is 10.3. The number of aromatic nitrogens is 1. The van der Waals surface area contributed by atoms with E-state index < -0.39 is 24.3 Å². The van der Waals surface area contributed by atoms with E-state index in [-0.39, 0.29) is 18.1 Å². The molecule has 3 heterocycles. The summed E-state index contributed by atoms with van der Waals surface area (Å²) in [5.74, 6) is -5.01.